The smallest absolute Gasteiger partial charge is 0.462 e. The van der Waals surface area contributed by atoms with Crippen LogP contribution in [0.25, 0.3) is 0 Å². The molecule has 0 aliphatic heterocycles. The molecule has 0 spiro atoms. The number of ether oxygens (including phenoxy) is 4. The maximum atomic E-state index is 13.1. The summed E-state index contributed by atoms with van der Waals surface area (Å²) < 4.78 is 68.5. The molecule has 2 unspecified atom stereocenters. The molecule has 19 heteroatoms. The Bertz CT molecular complexity index is 2230. The number of rotatable bonds is 75. The van der Waals surface area contributed by atoms with Crippen molar-refractivity contribution in [3.8, 4) is 0 Å². The molecule has 3 N–H and O–H groups in total. The van der Waals surface area contributed by atoms with Gasteiger partial charge in [-0.3, -0.25) is 37.3 Å². The maximum Gasteiger partial charge on any atom is 0.472 e. The molecular weight excluding hydrogens is 1310 g/mol. The summed E-state index contributed by atoms with van der Waals surface area (Å²) in [5, 5.41) is 10.6. The third-order valence-corrected chi connectivity index (χ3v) is 18.7. The summed E-state index contributed by atoms with van der Waals surface area (Å²) in [6.45, 7) is 4.76. The molecule has 0 saturated carbocycles. The van der Waals surface area contributed by atoms with E-state index in [0.717, 1.165) is 122 Å². The Kier molecular flexibility index (Phi) is 70.8. The van der Waals surface area contributed by atoms with Gasteiger partial charge in [-0.2, -0.15) is 0 Å². The Hall–Kier alpha value is -3.76. The second-order valence-corrected chi connectivity index (χ2v) is 29.6. The Morgan fingerprint density at radius 1 is 0.280 bits per heavy atom. The van der Waals surface area contributed by atoms with Crippen molar-refractivity contribution in [1.82, 2.24) is 0 Å². The van der Waals surface area contributed by atoms with Gasteiger partial charge in [-0.15, -0.1) is 0 Å². The lowest BCUT2D eigenvalue weighted by Gasteiger charge is -2.21. The molecule has 5 atom stereocenters. The number of hydrogen-bond acceptors (Lipinski definition) is 15. The van der Waals surface area contributed by atoms with Gasteiger partial charge in [0.15, 0.2) is 12.2 Å². The first-order chi connectivity index (χ1) is 48.7. The molecule has 0 saturated heterocycles. The second kappa shape index (κ2) is 73.5. The fourth-order valence-electron chi connectivity index (χ4n) is 10.7. The van der Waals surface area contributed by atoms with E-state index in [2.05, 4.69) is 94.5 Å². The largest absolute Gasteiger partial charge is 0.472 e. The van der Waals surface area contributed by atoms with Crippen molar-refractivity contribution in [2.75, 3.05) is 39.6 Å². The van der Waals surface area contributed by atoms with Crippen LogP contribution in [0.2, 0.25) is 0 Å². The summed E-state index contributed by atoms with van der Waals surface area (Å²) >= 11 is 0. The van der Waals surface area contributed by atoms with Gasteiger partial charge in [0.1, 0.15) is 19.3 Å². The van der Waals surface area contributed by atoms with E-state index in [4.69, 9.17) is 37.0 Å². The van der Waals surface area contributed by atoms with Crippen LogP contribution in [-0.2, 0) is 65.4 Å². The average Bonchev–Trinajstić information content (AvgIpc) is 0.934. The Labute approximate surface area is 608 Å². The predicted molar refractivity (Wildman–Crippen MR) is 409 cm³/mol. The topological polar surface area (TPSA) is 237 Å². The van der Waals surface area contributed by atoms with Crippen LogP contribution in [0.4, 0.5) is 0 Å². The Morgan fingerprint density at radius 2 is 0.510 bits per heavy atom. The third-order valence-electron chi connectivity index (χ3n) is 16.8. The average molecular weight is 1450 g/mol. The molecule has 100 heavy (non-hydrogen) atoms. The summed E-state index contributed by atoms with van der Waals surface area (Å²) in [5.74, 6) is -2.27. The number of carbonyl (C=O) groups excluding carboxylic acids is 4. The standard InChI is InChI=1S/C81H144O17P2/c1-5-9-13-17-21-25-29-33-35-36-37-38-40-44-48-52-56-60-64-68-81(86)98-77(72-92-79(84)66-62-58-54-50-46-43-39-34-30-26-22-18-14-10-6-2)74-96-100(89,90)94-70-75(82)69-93-99(87,88)95-73-76(97-80(85)67-63-59-55-51-47-42-32-28-24-20-16-12-8-4)71-91-78(83)65-61-57-53-49-45-41-31-27-23-19-15-11-7-3/h21,25,27-28,31-33,35,37-38,44,48,56,60,75-77,82H,5-20,22-24,26,29-30,34,36,39-43,45-47,49-55,57-59,61-74H2,1-4H3,(H,87,88)(H,89,90)/b25-21-,31-27-,32-28-,35-33-,38-37-,48-44-,60-56-/t75-,76-,77-/m1/s1. The maximum absolute atomic E-state index is 13.1. The van der Waals surface area contributed by atoms with Crippen molar-refractivity contribution < 1.29 is 80.2 Å². The van der Waals surface area contributed by atoms with Crippen LogP contribution in [0.5, 0.6) is 0 Å². The van der Waals surface area contributed by atoms with Gasteiger partial charge < -0.3 is 33.8 Å². The highest BCUT2D eigenvalue weighted by Gasteiger charge is 2.30. The normalized spacial score (nSPS) is 14.3. The van der Waals surface area contributed by atoms with Crippen LogP contribution in [0.1, 0.15) is 349 Å². The molecule has 580 valence electrons. The summed E-state index contributed by atoms with van der Waals surface area (Å²) in [6, 6.07) is 0. The van der Waals surface area contributed by atoms with Crippen molar-refractivity contribution in [2.24, 2.45) is 0 Å². The van der Waals surface area contributed by atoms with E-state index in [-0.39, 0.29) is 25.7 Å². The summed E-state index contributed by atoms with van der Waals surface area (Å²) in [5.41, 5.74) is 0. The quantitative estimate of drug-likeness (QED) is 0.0169. The number of hydrogen-bond donors (Lipinski definition) is 3. The van der Waals surface area contributed by atoms with E-state index >= 15 is 0 Å². The highest BCUT2D eigenvalue weighted by molar-refractivity contribution is 7.47. The minimum atomic E-state index is -4.99. The van der Waals surface area contributed by atoms with Gasteiger partial charge in [0.2, 0.25) is 0 Å². The SMILES string of the molecule is CCCCC/C=C\C/C=C\C/C=C\C/C=C\C/C=C\CCC(=O)O[C@H](COC(=O)CCCCCCCCCCCCCCCCC)COP(=O)(O)OC[C@H](O)COP(=O)(O)OC[C@@H](COC(=O)CCCCCCC/C=C\CCCCCC)OC(=O)CCCCCCC/C=C\CCCCCC. The summed E-state index contributed by atoms with van der Waals surface area (Å²) in [4.78, 5) is 72.9. The predicted octanol–water partition coefficient (Wildman–Crippen LogP) is 23.0. The number of carbonyl (C=O) groups is 4. The molecule has 17 nitrogen and oxygen atoms in total. The van der Waals surface area contributed by atoms with Gasteiger partial charge in [0.05, 0.1) is 26.4 Å². The minimum absolute atomic E-state index is 0.0256. The molecule has 0 aromatic carbocycles. The van der Waals surface area contributed by atoms with E-state index in [1.807, 2.05) is 18.2 Å². The molecule has 0 aliphatic rings. The van der Waals surface area contributed by atoms with Crippen LogP contribution in [0.15, 0.2) is 85.1 Å². The molecule has 0 rings (SSSR count). The van der Waals surface area contributed by atoms with Crippen molar-refractivity contribution in [1.29, 1.82) is 0 Å². The first-order valence-corrected chi connectivity index (χ1v) is 42.8. The minimum Gasteiger partial charge on any atom is -0.462 e. The highest BCUT2D eigenvalue weighted by Crippen LogP contribution is 2.45. The van der Waals surface area contributed by atoms with Crippen LogP contribution in [0.3, 0.4) is 0 Å². The Balaban J connectivity index is 5.40. The lowest BCUT2D eigenvalue weighted by molar-refractivity contribution is -0.161. The number of phosphoric acid groups is 2. The molecule has 0 aromatic heterocycles. The molecule has 0 aromatic rings. The lowest BCUT2D eigenvalue weighted by Crippen LogP contribution is -2.30. The van der Waals surface area contributed by atoms with Crippen LogP contribution in [0, 0.1) is 0 Å². The van der Waals surface area contributed by atoms with Crippen molar-refractivity contribution in [3.63, 3.8) is 0 Å². The summed E-state index contributed by atoms with van der Waals surface area (Å²) in [6.07, 6.45) is 75.8. The first-order valence-electron chi connectivity index (χ1n) is 39.8. The zero-order chi connectivity index (χ0) is 73.2. The van der Waals surface area contributed by atoms with E-state index in [1.54, 1.807) is 0 Å². The van der Waals surface area contributed by atoms with E-state index in [1.165, 1.54) is 141 Å². The van der Waals surface area contributed by atoms with Crippen LogP contribution in [-0.4, -0.2) is 96.7 Å². The van der Waals surface area contributed by atoms with Crippen LogP contribution < -0.4 is 0 Å². The fraction of sp³-hybridized carbons (Fsp3) is 0.778. The number of aliphatic hydroxyl groups excluding tert-OH is 1. The number of allylic oxidation sites excluding steroid dienone is 14. The zero-order valence-corrected chi connectivity index (χ0v) is 65.2. The number of aliphatic hydroxyl groups is 1. The van der Waals surface area contributed by atoms with Gasteiger partial charge in [0, 0.05) is 25.7 Å². The molecule has 0 aliphatic carbocycles. The van der Waals surface area contributed by atoms with Crippen molar-refractivity contribution in [3.05, 3.63) is 85.1 Å². The third kappa shape index (κ3) is 72.6. The number of unbranched alkanes of at least 4 members (excludes halogenated alkanes) is 35. The molecule has 0 radical (unpaired) electrons. The van der Waals surface area contributed by atoms with E-state index in [0.29, 0.717) is 32.1 Å². The molecule has 0 bridgehead atoms. The van der Waals surface area contributed by atoms with Gasteiger partial charge in [0.25, 0.3) is 0 Å². The first kappa shape index (κ1) is 96.2. The van der Waals surface area contributed by atoms with Gasteiger partial charge in [-0.05, 0) is 116 Å². The lowest BCUT2D eigenvalue weighted by atomic mass is 10.0. The monoisotopic (exact) mass is 1450 g/mol. The molecular formula is C81H144O17P2. The number of phosphoric ester groups is 2. The van der Waals surface area contributed by atoms with Gasteiger partial charge in [-0.1, -0.05) is 293 Å². The molecule has 0 fully saturated rings. The van der Waals surface area contributed by atoms with E-state index < -0.39 is 97.5 Å². The van der Waals surface area contributed by atoms with Gasteiger partial charge >= 0.3 is 39.5 Å². The van der Waals surface area contributed by atoms with Crippen molar-refractivity contribution in [2.45, 2.75) is 367 Å². The fourth-order valence-corrected chi connectivity index (χ4v) is 12.3. The second-order valence-electron chi connectivity index (χ2n) is 26.7. The van der Waals surface area contributed by atoms with E-state index in [9.17, 15) is 43.2 Å². The van der Waals surface area contributed by atoms with Gasteiger partial charge in [-0.25, -0.2) is 9.13 Å². The molecule has 0 heterocycles. The van der Waals surface area contributed by atoms with Crippen molar-refractivity contribution >= 4 is 39.5 Å². The highest BCUT2D eigenvalue weighted by atomic mass is 31.2. The summed E-state index contributed by atoms with van der Waals surface area (Å²) in [7, 11) is -9.97. The zero-order valence-electron chi connectivity index (χ0n) is 63.4. The van der Waals surface area contributed by atoms with Crippen LogP contribution >= 0.6 is 15.6 Å². The number of esters is 4. The Morgan fingerprint density at radius 3 is 0.850 bits per heavy atom. The molecule has 0 amide bonds.